The molecule has 0 bridgehead atoms. The average Bonchev–Trinajstić information content (AvgIpc) is 3.49. The zero-order valence-electron chi connectivity index (χ0n) is 18.6. The molecule has 0 aliphatic carbocycles. The minimum Gasteiger partial charge on any atom is -0.387 e. The molecule has 10 nitrogen and oxygen atoms in total. The van der Waals surface area contributed by atoms with Gasteiger partial charge in [-0.1, -0.05) is 0 Å². The first-order valence-corrected chi connectivity index (χ1v) is 10.5. The first-order chi connectivity index (χ1) is 16.3. The van der Waals surface area contributed by atoms with E-state index in [0.717, 1.165) is 11.2 Å². The summed E-state index contributed by atoms with van der Waals surface area (Å²) in [6, 6.07) is 9.11. The smallest absolute Gasteiger partial charge is 0.255 e. The summed E-state index contributed by atoms with van der Waals surface area (Å²) in [5, 5.41) is 28.9. The molecule has 4 heterocycles. The number of rotatable bonds is 8. The van der Waals surface area contributed by atoms with Gasteiger partial charge in [-0.15, -0.1) is 0 Å². The third kappa shape index (κ3) is 4.87. The summed E-state index contributed by atoms with van der Waals surface area (Å²) in [4.78, 5) is 24.3. The minimum absolute atomic E-state index is 0.211. The molecule has 0 unspecified atom stereocenters. The lowest BCUT2D eigenvalue weighted by atomic mass is 10.0. The molecule has 0 aromatic carbocycles. The van der Waals surface area contributed by atoms with Crippen LogP contribution in [0.1, 0.15) is 35.5 Å². The van der Waals surface area contributed by atoms with Gasteiger partial charge in [-0.25, -0.2) is 13.9 Å². The number of hydrogen-bond acceptors (Lipinski definition) is 7. The molecule has 0 fully saturated rings. The van der Waals surface area contributed by atoms with Crippen LogP contribution in [0, 0.1) is 11.3 Å². The molecule has 4 aromatic rings. The van der Waals surface area contributed by atoms with E-state index in [1.807, 2.05) is 12.1 Å². The highest BCUT2D eigenvalue weighted by atomic mass is 19.1. The number of carbonyl (C=O) groups is 1. The molecule has 4 N–H and O–H groups in total. The van der Waals surface area contributed by atoms with Crippen molar-refractivity contribution in [1.29, 1.82) is 5.26 Å². The molecule has 0 saturated carbocycles. The van der Waals surface area contributed by atoms with Crippen LogP contribution in [0.25, 0.3) is 16.9 Å². The number of nitrogens with one attached hydrogen (secondary N) is 3. The molecule has 34 heavy (non-hydrogen) atoms. The van der Waals surface area contributed by atoms with Gasteiger partial charge in [-0.3, -0.25) is 9.78 Å². The Kier molecular flexibility index (Phi) is 6.25. The number of carbonyl (C=O) groups excluding carboxylic acids is 1. The number of aromatic amines is 1. The predicted molar refractivity (Wildman–Crippen MR) is 123 cm³/mol. The van der Waals surface area contributed by atoms with E-state index in [9.17, 15) is 14.3 Å². The third-order valence-corrected chi connectivity index (χ3v) is 5.26. The van der Waals surface area contributed by atoms with Crippen LogP contribution < -0.4 is 10.6 Å². The van der Waals surface area contributed by atoms with Gasteiger partial charge in [0, 0.05) is 12.4 Å². The van der Waals surface area contributed by atoms with Gasteiger partial charge in [0.15, 0.2) is 0 Å². The van der Waals surface area contributed by atoms with Crippen LogP contribution in [0.15, 0.2) is 49.2 Å². The van der Waals surface area contributed by atoms with Crippen molar-refractivity contribution in [2.75, 3.05) is 11.9 Å². The van der Waals surface area contributed by atoms with Gasteiger partial charge in [-0.05, 0) is 38.1 Å². The van der Waals surface area contributed by atoms with E-state index in [0.29, 0.717) is 29.2 Å². The minimum atomic E-state index is -1.64. The number of alkyl halides is 1. The molecular weight excluding hydrogens is 439 g/mol. The maximum atomic E-state index is 14.1. The van der Waals surface area contributed by atoms with Crippen molar-refractivity contribution < 1.29 is 14.3 Å². The van der Waals surface area contributed by atoms with Crippen molar-refractivity contribution in [1.82, 2.24) is 29.9 Å². The normalized spacial score (nSPS) is 12.3. The van der Waals surface area contributed by atoms with Crippen LogP contribution in [0.3, 0.4) is 0 Å². The number of fused-ring (bicyclic) bond motifs is 1. The lowest BCUT2D eigenvalue weighted by Gasteiger charge is -2.22. The molecule has 0 aliphatic heterocycles. The van der Waals surface area contributed by atoms with Gasteiger partial charge in [0.05, 0.1) is 70.6 Å². The number of aliphatic hydroxyl groups is 1. The molecular formula is C23H23FN8O2. The van der Waals surface area contributed by atoms with Gasteiger partial charge < -0.3 is 20.7 Å². The quantitative estimate of drug-likeness (QED) is 0.315. The van der Waals surface area contributed by atoms with E-state index in [-0.39, 0.29) is 12.1 Å². The second-order valence-corrected chi connectivity index (χ2v) is 8.27. The molecule has 4 rings (SSSR count). The van der Waals surface area contributed by atoms with Crippen molar-refractivity contribution in [2.45, 2.75) is 32.2 Å². The number of nitrogens with zero attached hydrogens (tertiary/aromatic N) is 5. The molecule has 1 atom stereocenters. The van der Waals surface area contributed by atoms with Gasteiger partial charge in [0.2, 0.25) is 0 Å². The Morgan fingerprint density at radius 3 is 2.85 bits per heavy atom. The van der Waals surface area contributed by atoms with Gasteiger partial charge in [0.25, 0.3) is 5.91 Å². The first kappa shape index (κ1) is 22.9. The highest BCUT2D eigenvalue weighted by Gasteiger charge is 2.27. The standard InChI is InChI=1S/C23H23FN8O2/c1-23(2,34)21(24)12-29-22(33)17-11-28-19(6-18(17)27-10-15-9-26-13-30-15)20-4-3-16-5-14(7-25)8-31-32(16)20/h3-6,8-9,11,13,21,34H,10,12H2,1-2H3,(H,26,30)(H,27,28)(H,29,33)/t21-/m1/s1. The fourth-order valence-corrected chi connectivity index (χ4v) is 3.28. The van der Waals surface area contributed by atoms with E-state index < -0.39 is 17.7 Å². The first-order valence-electron chi connectivity index (χ1n) is 10.5. The summed E-state index contributed by atoms with van der Waals surface area (Å²) in [5.41, 5.74) is 2.20. The average molecular weight is 462 g/mol. The third-order valence-electron chi connectivity index (χ3n) is 5.26. The Balaban J connectivity index is 1.65. The summed E-state index contributed by atoms with van der Waals surface area (Å²) in [5.74, 6) is -0.535. The van der Waals surface area contributed by atoms with Crippen molar-refractivity contribution in [2.24, 2.45) is 0 Å². The zero-order chi connectivity index (χ0) is 24.3. The van der Waals surface area contributed by atoms with Crippen LogP contribution >= 0.6 is 0 Å². The van der Waals surface area contributed by atoms with Crippen molar-refractivity contribution in [3.8, 4) is 17.5 Å². The fraction of sp³-hybridized carbons (Fsp3) is 0.261. The van der Waals surface area contributed by atoms with Crippen molar-refractivity contribution >= 4 is 17.1 Å². The van der Waals surface area contributed by atoms with Gasteiger partial charge in [-0.2, -0.15) is 10.4 Å². The van der Waals surface area contributed by atoms with Crippen molar-refractivity contribution in [3.05, 3.63) is 66.0 Å². The van der Waals surface area contributed by atoms with Crippen LogP contribution in [0.4, 0.5) is 10.1 Å². The van der Waals surface area contributed by atoms with Crippen LogP contribution in [-0.4, -0.2) is 53.9 Å². The van der Waals surface area contributed by atoms with E-state index in [4.69, 9.17) is 5.26 Å². The summed E-state index contributed by atoms with van der Waals surface area (Å²) in [7, 11) is 0. The number of hydrogen-bond donors (Lipinski definition) is 4. The topological polar surface area (TPSA) is 144 Å². The molecule has 0 saturated heterocycles. The van der Waals surface area contributed by atoms with Crippen LogP contribution in [-0.2, 0) is 6.54 Å². The number of anilines is 1. The predicted octanol–water partition coefficient (Wildman–Crippen LogP) is 2.44. The Morgan fingerprint density at radius 2 is 2.15 bits per heavy atom. The zero-order valence-corrected chi connectivity index (χ0v) is 18.6. The highest BCUT2D eigenvalue weighted by Crippen LogP contribution is 2.26. The maximum Gasteiger partial charge on any atom is 0.255 e. The summed E-state index contributed by atoms with van der Waals surface area (Å²) >= 11 is 0. The molecule has 0 spiro atoms. The Labute approximate surface area is 194 Å². The molecule has 4 aromatic heterocycles. The molecule has 0 radical (unpaired) electrons. The number of imidazole rings is 1. The lowest BCUT2D eigenvalue weighted by Crippen LogP contribution is -2.42. The SMILES string of the molecule is CC(C)(O)[C@H](F)CNC(=O)c1cnc(-c2ccc3cc(C#N)cnn23)cc1NCc1c[nH]cn1. The molecule has 11 heteroatoms. The summed E-state index contributed by atoms with van der Waals surface area (Å²) < 4.78 is 15.8. The molecule has 0 aliphatic rings. The van der Waals surface area contributed by atoms with Gasteiger partial charge in [0.1, 0.15) is 12.2 Å². The number of nitriles is 1. The van der Waals surface area contributed by atoms with Crippen molar-refractivity contribution in [3.63, 3.8) is 0 Å². The summed E-state index contributed by atoms with van der Waals surface area (Å²) in [6.07, 6.45) is 4.50. The maximum absolute atomic E-state index is 14.1. The number of H-pyrrole nitrogens is 1. The second kappa shape index (κ2) is 9.29. The fourth-order valence-electron chi connectivity index (χ4n) is 3.28. The largest absolute Gasteiger partial charge is 0.387 e. The van der Waals surface area contributed by atoms with Gasteiger partial charge >= 0.3 is 0 Å². The number of aromatic nitrogens is 5. The highest BCUT2D eigenvalue weighted by molar-refractivity contribution is 5.99. The van der Waals surface area contributed by atoms with Crippen LogP contribution in [0.2, 0.25) is 0 Å². The Bertz CT molecular complexity index is 1350. The number of amides is 1. The Hall–Kier alpha value is -4.30. The number of pyridine rings is 1. The monoisotopic (exact) mass is 462 g/mol. The van der Waals surface area contributed by atoms with E-state index >= 15 is 0 Å². The van der Waals surface area contributed by atoms with Crippen LogP contribution in [0.5, 0.6) is 0 Å². The van der Waals surface area contributed by atoms with E-state index in [1.54, 1.807) is 29.2 Å². The Morgan fingerprint density at radius 1 is 1.32 bits per heavy atom. The number of halogens is 1. The van der Waals surface area contributed by atoms with E-state index in [1.165, 1.54) is 26.2 Å². The lowest BCUT2D eigenvalue weighted by molar-refractivity contribution is -0.00177. The summed E-state index contributed by atoms with van der Waals surface area (Å²) in [6.45, 7) is 2.66. The second-order valence-electron chi connectivity index (χ2n) is 8.27. The molecule has 1 amide bonds. The molecule has 174 valence electrons. The van der Waals surface area contributed by atoms with E-state index in [2.05, 4.69) is 36.8 Å².